The van der Waals surface area contributed by atoms with Gasteiger partial charge in [0, 0.05) is 32.0 Å². The molecule has 1 amide bonds. The minimum atomic E-state index is -4.27. The lowest BCUT2D eigenvalue weighted by Gasteiger charge is -2.60. The minimum absolute atomic E-state index is 0.00724. The number of carbonyl (C=O) groups is 1. The molecule has 4 fully saturated rings. The van der Waals surface area contributed by atoms with Crippen LogP contribution in [0, 0.1) is 10.1 Å². The molecule has 0 saturated carbocycles. The number of nitrogens with one attached hydrogen (secondary N) is 1. The molecule has 4 heterocycles. The number of fused-ring (bicyclic) bond motifs is 2. The third-order valence-corrected chi connectivity index (χ3v) is 10.9. The highest BCUT2D eigenvalue weighted by Gasteiger charge is 2.48. The van der Waals surface area contributed by atoms with Crippen LogP contribution in [0.4, 0.5) is 5.69 Å². The first-order valence-corrected chi connectivity index (χ1v) is 19.4. The van der Waals surface area contributed by atoms with Crippen LogP contribution >= 0.6 is 0 Å². The fourth-order valence-electron chi connectivity index (χ4n) is 7.66. The number of nitrogens with zero attached hydrogens (tertiary/aromatic N) is 5. The zero-order valence-electron chi connectivity index (χ0n) is 31.3. The molecule has 5 aromatic carbocycles. The normalized spacial score (nSPS) is 20.8. The Hall–Kier alpha value is -5.16. The number of quaternary nitrogens is 1. The Bertz CT molecular complexity index is 2230. The summed E-state index contributed by atoms with van der Waals surface area (Å²) in [6.07, 6.45) is 1.95. The maximum Gasteiger partial charge on any atom is 0.294 e. The first kappa shape index (κ1) is 39.5. The van der Waals surface area contributed by atoms with Crippen molar-refractivity contribution in [1.82, 2.24) is 20.0 Å². The van der Waals surface area contributed by atoms with Crippen molar-refractivity contribution in [2.24, 2.45) is 0 Å². The zero-order valence-corrected chi connectivity index (χ0v) is 32.1. The van der Waals surface area contributed by atoms with Crippen LogP contribution < -0.4 is 14.8 Å². The lowest BCUT2D eigenvalue weighted by molar-refractivity contribution is -0.980. The van der Waals surface area contributed by atoms with Crippen LogP contribution in [-0.2, 0) is 27.8 Å². The predicted molar refractivity (Wildman–Crippen MR) is 210 cm³/mol. The number of nitro groups is 1. The summed E-state index contributed by atoms with van der Waals surface area (Å²) < 4.78 is 41.4. The van der Waals surface area contributed by atoms with E-state index in [2.05, 4.69) is 74.6 Å². The van der Waals surface area contributed by atoms with E-state index in [-0.39, 0.29) is 16.5 Å². The summed E-state index contributed by atoms with van der Waals surface area (Å²) in [5.74, 6) is 1.81. The standard InChI is InChI=1S/C19H25N4O.C15H17NO2.C6H5NO5S/c1-24-18-6-5-16-3-2-4-17(19(16)9-18)7-8-23-13-20-10-21(14-23)12-22(11-20)15-23;1-11(17)16-9-8-13-5-3-4-12-6-7-14(18-2)10-15(12)13;8-7(9)5-1-3-6(4-2-5)13(10,11)12/h2-6,9H,7-8,10-15H2,1H3;3-7,10H,8-9H2,1-2H3,(H,16,17);1-4H,(H,10,11,12)/q+1;;. The molecule has 0 aromatic heterocycles. The fourth-order valence-corrected chi connectivity index (χ4v) is 8.14. The Morgan fingerprint density at radius 1 is 0.782 bits per heavy atom. The number of ether oxygens (including phenoxy) is 2. The molecule has 4 aliphatic rings. The summed E-state index contributed by atoms with van der Waals surface area (Å²) in [5.41, 5.74) is 2.44. The highest BCUT2D eigenvalue weighted by atomic mass is 32.2. The van der Waals surface area contributed by atoms with E-state index < -0.39 is 15.0 Å². The van der Waals surface area contributed by atoms with Gasteiger partial charge in [0.2, 0.25) is 5.91 Å². The summed E-state index contributed by atoms with van der Waals surface area (Å²) in [6.45, 7) is 10.5. The van der Waals surface area contributed by atoms with E-state index >= 15 is 0 Å². The lowest BCUT2D eigenvalue weighted by atomic mass is 10.0. The van der Waals surface area contributed by atoms with Crippen LogP contribution in [-0.4, -0.2) is 110 Å². The van der Waals surface area contributed by atoms with Crippen molar-refractivity contribution >= 4 is 43.3 Å². The highest BCUT2D eigenvalue weighted by molar-refractivity contribution is 7.85. The van der Waals surface area contributed by atoms with Crippen molar-refractivity contribution in [3.05, 3.63) is 118 Å². The molecule has 0 aliphatic carbocycles. The van der Waals surface area contributed by atoms with Gasteiger partial charge in [-0.25, -0.2) is 14.7 Å². The fraction of sp³-hybridized carbons (Fsp3) is 0.325. The van der Waals surface area contributed by atoms with E-state index in [1.807, 2.05) is 18.2 Å². The van der Waals surface area contributed by atoms with Crippen LogP contribution in [0.5, 0.6) is 11.5 Å². The van der Waals surface area contributed by atoms with E-state index in [9.17, 15) is 23.3 Å². The average Bonchev–Trinajstić information content (AvgIpc) is 3.16. The number of methoxy groups -OCH3 is 2. The van der Waals surface area contributed by atoms with Gasteiger partial charge in [-0.3, -0.25) is 23.9 Å². The number of carbonyl (C=O) groups excluding carboxylic acids is 1. The van der Waals surface area contributed by atoms with E-state index in [1.165, 1.54) is 70.6 Å². The molecule has 9 rings (SSSR count). The molecule has 0 atom stereocenters. The number of nitro benzene ring substituents is 1. The number of hydrogen-bond acceptors (Lipinski definition) is 10. The van der Waals surface area contributed by atoms with E-state index in [0.29, 0.717) is 6.54 Å². The van der Waals surface area contributed by atoms with Gasteiger partial charge in [0.1, 0.15) is 31.5 Å². The van der Waals surface area contributed by atoms with Crippen molar-refractivity contribution in [2.45, 2.75) is 24.7 Å². The molecule has 4 saturated heterocycles. The molecule has 0 unspecified atom stereocenters. The van der Waals surface area contributed by atoms with Gasteiger partial charge >= 0.3 is 0 Å². The molecule has 14 nitrogen and oxygen atoms in total. The van der Waals surface area contributed by atoms with Crippen molar-refractivity contribution in [1.29, 1.82) is 0 Å². The smallest absolute Gasteiger partial charge is 0.294 e. The van der Waals surface area contributed by atoms with Crippen molar-refractivity contribution < 1.29 is 36.6 Å². The van der Waals surface area contributed by atoms with Crippen LogP contribution in [0.25, 0.3) is 21.5 Å². The van der Waals surface area contributed by atoms with E-state index in [0.717, 1.165) is 68.6 Å². The van der Waals surface area contributed by atoms with Gasteiger partial charge in [-0.2, -0.15) is 8.42 Å². The molecule has 15 heteroatoms. The zero-order chi connectivity index (χ0) is 39.2. The monoisotopic (exact) mass is 771 g/mol. The summed E-state index contributed by atoms with van der Waals surface area (Å²) in [5, 5.41) is 18.0. The Morgan fingerprint density at radius 2 is 1.27 bits per heavy atom. The molecule has 4 aliphatic heterocycles. The van der Waals surface area contributed by atoms with Gasteiger partial charge in [-0.05, 0) is 75.5 Å². The number of amides is 1. The molecular formula is C40H47N6O8S+. The molecule has 290 valence electrons. The number of non-ortho nitro benzene ring substituents is 1. The largest absolute Gasteiger partial charge is 0.497 e. The first-order valence-electron chi connectivity index (χ1n) is 17.9. The minimum Gasteiger partial charge on any atom is -0.497 e. The van der Waals surface area contributed by atoms with E-state index in [4.69, 9.17) is 14.0 Å². The molecule has 0 radical (unpaired) electrons. The van der Waals surface area contributed by atoms with Crippen molar-refractivity contribution in [2.75, 3.05) is 67.3 Å². The molecule has 0 spiro atoms. The number of rotatable bonds is 10. The van der Waals surface area contributed by atoms with Crippen LogP contribution in [0.2, 0.25) is 0 Å². The molecule has 4 bridgehead atoms. The second-order valence-corrected chi connectivity index (χ2v) is 15.6. The Labute approximate surface area is 320 Å². The number of hydrogen-bond donors (Lipinski definition) is 2. The summed E-state index contributed by atoms with van der Waals surface area (Å²) in [7, 11) is -0.857. The van der Waals surface area contributed by atoms with Crippen LogP contribution in [0.15, 0.2) is 102 Å². The molecule has 5 aromatic rings. The van der Waals surface area contributed by atoms with Gasteiger partial charge in [-0.1, -0.05) is 48.5 Å². The highest BCUT2D eigenvalue weighted by Crippen LogP contribution is 2.31. The first-order chi connectivity index (χ1) is 26.3. The van der Waals surface area contributed by atoms with Gasteiger partial charge in [0.05, 0.1) is 50.6 Å². The van der Waals surface area contributed by atoms with Crippen LogP contribution in [0.1, 0.15) is 18.1 Å². The Balaban J connectivity index is 0.000000148. The molecular weight excluding hydrogens is 725 g/mol. The summed E-state index contributed by atoms with van der Waals surface area (Å²) >= 11 is 0. The maximum atomic E-state index is 10.9. The summed E-state index contributed by atoms with van der Waals surface area (Å²) in [4.78, 5) is 27.8. The number of benzene rings is 5. The van der Waals surface area contributed by atoms with Gasteiger partial charge in [-0.15, -0.1) is 0 Å². The molecule has 55 heavy (non-hydrogen) atoms. The average molecular weight is 772 g/mol. The Morgan fingerprint density at radius 3 is 1.71 bits per heavy atom. The van der Waals surface area contributed by atoms with Gasteiger partial charge < -0.3 is 14.8 Å². The molecule has 2 N–H and O–H groups in total. The SMILES string of the molecule is COc1ccc2cccc(CCNC(C)=O)c2c1.COc1ccc2cccc(CC[N+]34CN5CN(CN(C5)C3)C4)c2c1.O=[N+]([O-])c1ccc(S(=O)(=O)O)cc1. The quantitative estimate of drug-likeness (QED) is 0.0827. The lowest BCUT2D eigenvalue weighted by Crippen LogP contribution is -2.79. The van der Waals surface area contributed by atoms with E-state index in [1.54, 1.807) is 14.2 Å². The maximum absolute atomic E-state index is 10.9. The summed E-state index contributed by atoms with van der Waals surface area (Å²) in [6, 6.07) is 29.3. The van der Waals surface area contributed by atoms with Crippen molar-refractivity contribution in [3.63, 3.8) is 0 Å². The second-order valence-electron chi connectivity index (χ2n) is 14.1. The predicted octanol–water partition coefficient (Wildman–Crippen LogP) is 5.27. The van der Waals surface area contributed by atoms with Gasteiger partial charge in [0.25, 0.3) is 15.8 Å². The van der Waals surface area contributed by atoms with Crippen molar-refractivity contribution in [3.8, 4) is 11.5 Å². The van der Waals surface area contributed by atoms with Crippen LogP contribution in [0.3, 0.4) is 0 Å². The Kier molecular flexibility index (Phi) is 12.3. The third kappa shape index (κ3) is 9.94. The topological polar surface area (TPSA) is 155 Å². The third-order valence-electron chi connectivity index (χ3n) is 10.0. The second kappa shape index (κ2) is 17.1. The van der Waals surface area contributed by atoms with Gasteiger partial charge in [0.15, 0.2) is 0 Å².